The van der Waals surface area contributed by atoms with Gasteiger partial charge in [-0.05, 0) is 34.9 Å². The van der Waals surface area contributed by atoms with E-state index in [4.69, 9.17) is 16.3 Å². The normalized spacial score (nSPS) is 13.0. The molecule has 114 valence electrons. The van der Waals surface area contributed by atoms with E-state index in [0.29, 0.717) is 30.5 Å². The summed E-state index contributed by atoms with van der Waals surface area (Å²) < 4.78 is 4.74. The van der Waals surface area contributed by atoms with Crippen LogP contribution in [0.25, 0.3) is 0 Å². The average molecular weight is 320 g/mol. The van der Waals surface area contributed by atoms with Gasteiger partial charge in [-0.15, -0.1) is 0 Å². The van der Waals surface area contributed by atoms with Crippen molar-refractivity contribution >= 4 is 29.5 Å². The molecule has 0 fully saturated rings. The molecule has 0 radical (unpaired) electrons. The molecule has 1 aliphatic rings. The van der Waals surface area contributed by atoms with E-state index >= 15 is 0 Å². The lowest BCUT2D eigenvalue weighted by molar-refractivity contribution is 0.0600. The number of rotatable bonds is 3. The minimum Gasteiger partial charge on any atom is -0.465 e. The van der Waals surface area contributed by atoms with Crippen molar-refractivity contribution in [1.29, 1.82) is 0 Å². The number of benzene rings is 1. The fraction of sp³-hybridized carbons (Fsp3) is 0.286. The van der Waals surface area contributed by atoms with Crippen molar-refractivity contribution in [2.45, 2.75) is 13.1 Å². The first-order chi connectivity index (χ1) is 10.6. The van der Waals surface area contributed by atoms with E-state index < -0.39 is 0 Å². The summed E-state index contributed by atoms with van der Waals surface area (Å²) in [4.78, 5) is 26.0. The maximum atomic E-state index is 11.6. The zero-order valence-electron chi connectivity index (χ0n) is 12.1. The fourth-order valence-electron chi connectivity index (χ4n) is 2.37. The number of halogens is 1. The largest absolute Gasteiger partial charge is 0.465 e. The van der Waals surface area contributed by atoms with Gasteiger partial charge in [-0.1, -0.05) is 6.07 Å². The summed E-state index contributed by atoms with van der Waals surface area (Å²) in [5, 5.41) is 2.99. The molecule has 0 aliphatic carbocycles. The fourth-order valence-corrected chi connectivity index (χ4v) is 2.53. The second-order valence-electron chi connectivity index (χ2n) is 4.81. The molecule has 3 rings (SSSR count). The lowest BCUT2D eigenvalue weighted by Gasteiger charge is -2.15. The molecule has 0 spiro atoms. The quantitative estimate of drug-likeness (QED) is 0.865. The number of hydrogen-bond donors (Lipinski definition) is 1. The molecule has 0 saturated heterocycles. The van der Waals surface area contributed by atoms with Crippen LogP contribution in [0.5, 0.6) is 0 Å². The Morgan fingerprint density at radius 1 is 1.27 bits per heavy atom. The van der Waals surface area contributed by atoms with Crippen molar-refractivity contribution in [3.63, 3.8) is 0 Å². The highest BCUT2D eigenvalue weighted by Crippen LogP contribution is 2.27. The van der Waals surface area contributed by atoms with Crippen molar-refractivity contribution in [2.24, 2.45) is 0 Å². The first kappa shape index (κ1) is 14.5. The Morgan fingerprint density at radius 2 is 2.05 bits per heavy atom. The predicted octanol–water partition coefficient (Wildman–Crippen LogP) is 1.87. The highest BCUT2D eigenvalue weighted by molar-refractivity contribution is 6.28. The molecule has 0 amide bonds. The monoisotopic (exact) mass is 319 g/mol. The van der Waals surface area contributed by atoms with Crippen LogP contribution in [0.2, 0.25) is 5.28 Å². The van der Waals surface area contributed by atoms with Crippen LogP contribution in [-0.4, -0.2) is 35.1 Å². The summed E-state index contributed by atoms with van der Waals surface area (Å²) in [6.45, 7) is 1.25. The van der Waals surface area contributed by atoms with E-state index in [0.717, 1.165) is 11.1 Å². The molecule has 8 heteroatoms. The van der Waals surface area contributed by atoms with Crippen molar-refractivity contribution in [3.8, 4) is 0 Å². The molecule has 0 unspecified atom stereocenters. The van der Waals surface area contributed by atoms with Crippen LogP contribution < -0.4 is 10.2 Å². The Morgan fingerprint density at radius 3 is 2.77 bits per heavy atom. The van der Waals surface area contributed by atoms with Gasteiger partial charge in [0.15, 0.2) is 0 Å². The van der Waals surface area contributed by atoms with Crippen molar-refractivity contribution < 1.29 is 9.53 Å². The first-order valence-corrected chi connectivity index (χ1v) is 7.03. The Hall–Kier alpha value is -2.41. The van der Waals surface area contributed by atoms with E-state index in [1.54, 1.807) is 13.1 Å². The van der Waals surface area contributed by atoms with E-state index in [1.165, 1.54) is 7.11 Å². The van der Waals surface area contributed by atoms with Crippen molar-refractivity contribution in [2.75, 3.05) is 24.4 Å². The molecule has 7 nitrogen and oxygen atoms in total. The molecular formula is C14H14ClN5O2. The van der Waals surface area contributed by atoms with Gasteiger partial charge in [-0.25, -0.2) is 4.79 Å². The van der Waals surface area contributed by atoms with E-state index in [9.17, 15) is 4.79 Å². The number of methoxy groups -OCH3 is 1. The molecule has 0 bridgehead atoms. The SMILES string of the molecule is CNc1nc(Cl)nc(N2Cc3ccc(C(=O)OC)cc3C2)n1. The summed E-state index contributed by atoms with van der Waals surface area (Å²) in [5.41, 5.74) is 2.70. The molecule has 1 aromatic carbocycles. The summed E-state index contributed by atoms with van der Waals surface area (Å²) in [6, 6.07) is 5.51. The van der Waals surface area contributed by atoms with Crippen LogP contribution >= 0.6 is 11.6 Å². The number of hydrogen-bond acceptors (Lipinski definition) is 7. The van der Waals surface area contributed by atoms with Gasteiger partial charge in [0.05, 0.1) is 12.7 Å². The molecule has 1 aromatic heterocycles. The standard InChI is InChI=1S/C14H14ClN5O2/c1-16-13-17-12(15)18-14(19-13)20-6-9-4-3-8(11(21)22-2)5-10(9)7-20/h3-5H,6-7H2,1-2H3,(H,16,17,18,19). The third kappa shape index (κ3) is 2.67. The smallest absolute Gasteiger partial charge is 0.337 e. The summed E-state index contributed by atoms with van der Waals surface area (Å²) in [7, 11) is 3.09. The van der Waals surface area contributed by atoms with Gasteiger partial charge < -0.3 is 15.0 Å². The summed E-state index contributed by atoms with van der Waals surface area (Å²) in [5.74, 6) is 0.572. The number of fused-ring (bicyclic) bond motifs is 1. The lowest BCUT2D eigenvalue weighted by Crippen LogP contribution is -2.18. The van der Waals surface area contributed by atoms with Crippen LogP contribution in [0.15, 0.2) is 18.2 Å². The van der Waals surface area contributed by atoms with Gasteiger partial charge in [0, 0.05) is 20.1 Å². The van der Waals surface area contributed by atoms with Crippen molar-refractivity contribution in [1.82, 2.24) is 15.0 Å². The van der Waals surface area contributed by atoms with Gasteiger partial charge in [-0.2, -0.15) is 15.0 Å². The summed E-state index contributed by atoms with van der Waals surface area (Å²) >= 11 is 5.91. The molecule has 1 aliphatic heterocycles. The molecule has 22 heavy (non-hydrogen) atoms. The number of anilines is 2. The number of carbonyl (C=O) groups is 1. The molecule has 2 aromatic rings. The van der Waals surface area contributed by atoms with Gasteiger partial charge in [0.25, 0.3) is 0 Å². The highest BCUT2D eigenvalue weighted by atomic mass is 35.5. The maximum absolute atomic E-state index is 11.6. The van der Waals surface area contributed by atoms with Crippen LogP contribution in [0.3, 0.4) is 0 Å². The number of carbonyl (C=O) groups excluding carboxylic acids is 1. The number of nitrogens with zero attached hydrogens (tertiary/aromatic N) is 4. The maximum Gasteiger partial charge on any atom is 0.337 e. The predicted molar refractivity (Wildman–Crippen MR) is 82.1 cm³/mol. The molecular weight excluding hydrogens is 306 g/mol. The Kier molecular flexibility index (Phi) is 3.81. The second-order valence-corrected chi connectivity index (χ2v) is 5.15. The Bertz CT molecular complexity index is 737. The van der Waals surface area contributed by atoms with Gasteiger partial charge in [0.2, 0.25) is 17.2 Å². The van der Waals surface area contributed by atoms with Crippen LogP contribution in [0.1, 0.15) is 21.5 Å². The number of nitrogens with one attached hydrogen (secondary N) is 1. The minimum atomic E-state index is -0.345. The number of aromatic nitrogens is 3. The average Bonchev–Trinajstić information content (AvgIpc) is 2.96. The van der Waals surface area contributed by atoms with E-state index in [2.05, 4.69) is 20.3 Å². The Balaban J connectivity index is 1.88. The van der Waals surface area contributed by atoms with Crippen LogP contribution in [0, 0.1) is 0 Å². The molecule has 0 saturated carbocycles. The third-order valence-corrected chi connectivity index (χ3v) is 3.62. The van der Waals surface area contributed by atoms with Gasteiger partial charge in [0.1, 0.15) is 0 Å². The zero-order valence-corrected chi connectivity index (χ0v) is 12.9. The summed E-state index contributed by atoms with van der Waals surface area (Å²) in [6.07, 6.45) is 0. The molecule has 1 N–H and O–H groups in total. The molecule has 0 atom stereocenters. The van der Waals surface area contributed by atoms with Crippen LogP contribution in [0.4, 0.5) is 11.9 Å². The molecule has 2 heterocycles. The van der Waals surface area contributed by atoms with Crippen molar-refractivity contribution in [3.05, 3.63) is 40.2 Å². The van der Waals surface area contributed by atoms with E-state index in [-0.39, 0.29) is 11.3 Å². The van der Waals surface area contributed by atoms with Gasteiger partial charge in [-0.3, -0.25) is 0 Å². The number of esters is 1. The zero-order chi connectivity index (χ0) is 15.7. The second kappa shape index (κ2) is 5.76. The number of ether oxygens (including phenoxy) is 1. The highest BCUT2D eigenvalue weighted by Gasteiger charge is 2.23. The first-order valence-electron chi connectivity index (χ1n) is 6.65. The topological polar surface area (TPSA) is 80.2 Å². The van der Waals surface area contributed by atoms with Crippen LogP contribution in [-0.2, 0) is 17.8 Å². The minimum absolute atomic E-state index is 0.139. The lowest BCUT2D eigenvalue weighted by atomic mass is 10.1. The van der Waals surface area contributed by atoms with E-state index in [1.807, 2.05) is 17.0 Å². The third-order valence-electron chi connectivity index (χ3n) is 3.45. The Labute approximate surface area is 132 Å². The van der Waals surface area contributed by atoms with Gasteiger partial charge >= 0.3 is 5.97 Å².